The number of hydrogen-bond acceptors (Lipinski definition) is 3. The average molecular weight is 176 g/mol. The minimum Gasteiger partial charge on any atom is -0.870 e. The molecule has 0 saturated heterocycles. The molecule has 1 aromatic carbocycles. The number of benzene rings is 1. The normalized spacial score (nSPS) is 7.42. The maximum Gasteiger partial charge on any atom is 1.00 e. The van der Waals surface area contributed by atoms with Crippen molar-refractivity contribution in [3.8, 4) is 5.75 Å². The van der Waals surface area contributed by atoms with Gasteiger partial charge in [0.1, 0.15) is 12.0 Å². The van der Waals surface area contributed by atoms with Crippen molar-refractivity contribution >= 4 is 6.29 Å². The standard InChI is InChI=1S/C8H8O2.Na.H2O/c1-10-8-4-2-7(6-9)3-5-8;;/h2-6H,1H3;;1H2/q;+1;/p-1. The van der Waals surface area contributed by atoms with Crippen LogP contribution >= 0.6 is 0 Å². The predicted molar refractivity (Wildman–Crippen MR) is 40.3 cm³/mol. The monoisotopic (exact) mass is 176 g/mol. The van der Waals surface area contributed by atoms with Gasteiger partial charge in [0.25, 0.3) is 0 Å². The molecule has 1 N–H and O–H groups in total. The van der Waals surface area contributed by atoms with Crippen LogP contribution in [0.2, 0.25) is 0 Å². The number of rotatable bonds is 2. The molecule has 0 saturated carbocycles. The van der Waals surface area contributed by atoms with Crippen LogP contribution in [0, 0.1) is 0 Å². The molecule has 0 fully saturated rings. The van der Waals surface area contributed by atoms with E-state index in [0.29, 0.717) is 5.56 Å². The molecule has 0 radical (unpaired) electrons. The van der Waals surface area contributed by atoms with Gasteiger partial charge in [-0.05, 0) is 24.3 Å². The molecule has 0 aromatic heterocycles. The molecule has 0 aliphatic heterocycles. The molecule has 4 heteroatoms. The van der Waals surface area contributed by atoms with Gasteiger partial charge < -0.3 is 10.2 Å². The molecule has 0 spiro atoms. The quantitative estimate of drug-likeness (QED) is 0.400. The van der Waals surface area contributed by atoms with Crippen LogP contribution in [-0.4, -0.2) is 18.9 Å². The van der Waals surface area contributed by atoms with E-state index in [9.17, 15) is 4.79 Å². The van der Waals surface area contributed by atoms with Gasteiger partial charge in [0.2, 0.25) is 0 Å². The Morgan fingerprint density at radius 1 is 1.25 bits per heavy atom. The summed E-state index contributed by atoms with van der Waals surface area (Å²) in [7, 11) is 1.59. The summed E-state index contributed by atoms with van der Waals surface area (Å²) in [6, 6.07) is 6.94. The molecule has 0 bridgehead atoms. The fourth-order valence-electron chi connectivity index (χ4n) is 0.682. The summed E-state index contributed by atoms with van der Waals surface area (Å²) in [4.78, 5) is 10.2. The van der Waals surface area contributed by atoms with Gasteiger partial charge in [-0.15, -0.1) is 0 Å². The summed E-state index contributed by atoms with van der Waals surface area (Å²) in [5.41, 5.74) is 0.667. The van der Waals surface area contributed by atoms with E-state index in [1.807, 2.05) is 0 Å². The third kappa shape index (κ3) is 3.88. The van der Waals surface area contributed by atoms with Gasteiger partial charge in [0.05, 0.1) is 7.11 Å². The Labute approximate surface area is 93.3 Å². The van der Waals surface area contributed by atoms with Gasteiger partial charge in [-0.2, -0.15) is 0 Å². The zero-order valence-corrected chi connectivity index (χ0v) is 9.15. The van der Waals surface area contributed by atoms with E-state index in [1.54, 1.807) is 31.4 Å². The predicted octanol–water partition coefficient (Wildman–Crippen LogP) is -1.67. The Morgan fingerprint density at radius 2 is 1.75 bits per heavy atom. The van der Waals surface area contributed by atoms with Gasteiger partial charge in [-0.25, -0.2) is 0 Å². The van der Waals surface area contributed by atoms with Crippen molar-refractivity contribution in [1.29, 1.82) is 0 Å². The summed E-state index contributed by atoms with van der Waals surface area (Å²) in [5.74, 6) is 0.769. The summed E-state index contributed by atoms with van der Waals surface area (Å²) in [5, 5.41) is 0. The van der Waals surface area contributed by atoms with Crippen LogP contribution in [-0.2, 0) is 0 Å². The first kappa shape index (κ1) is 14.2. The zero-order chi connectivity index (χ0) is 7.40. The molecule has 1 aromatic rings. The van der Waals surface area contributed by atoms with E-state index in [2.05, 4.69) is 0 Å². The van der Waals surface area contributed by atoms with Crippen LogP contribution in [0.3, 0.4) is 0 Å². The number of carbonyl (C=O) groups excluding carboxylic acids is 1. The van der Waals surface area contributed by atoms with Crippen molar-refractivity contribution in [3.63, 3.8) is 0 Å². The summed E-state index contributed by atoms with van der Waals surface area (Å²) in [6.45, 7) is 0. The first-order valence-electron chi connectivity index (χ1n) is 2.96. The van der Waals surface area contributed by atoms with Crippen molar-refractivity contribution in [2.75, 3.05) is 7.11 Å². The maximum absolute atomic E-state index is 10.2. The number of methoxy groups -OCH3 is 1. The van der Waals surface area contributed by atoms with Crippen molar-refractivity contribution in [3.05, 3.63) is 29.8 Å². The van der Waals surface area contributed by atoms with Gasteiger partial charge in [0, 0.05) is 5.56 Å². The van der Waals surface area contributed by atoms with E-state index < -0.39 is 0 Å². The Balaban J connectivity index is 0. The second kappa shape index (κ2) is 7.31. The van der Waals surface area contributed by atoms with Crippen LogP contribution in [0.1, 0.15) is 10.4 Å². The largest absolute Gasteiger partial charge is 1.00 e. The van der Waals surface area contributed by atoms with Gasteiger partial charge in [0.15, 0.2) is 0 Å². The average Bonchev–Trinajstić information content (AvgIpc) is 2.05. The molecule has 0 heterocycles. The summed E-state index contributed by atoms with van der Waals surface area (Å²) < 4.78 is 4.90. The molecule has 60 valence electrons. The maximum atomic E-state index is 10.2. The number of aldehydes is 1. The second-order valence-corrected chi connectivity index (χ2v) is 1.89. The van der Waals surface area contributed by atoms with Crippen molar-refractivity contribution < 1.29 is 44.6 Å². The van der Waals surface area contributed by atoms with E-state index in [0.717, 1.165) is 12.0 Å². The SMILES string of the molecule is COc1ccc(C=O)cc1.[Na+].[OH-]. The first-order valence-corrected chi connectivity index (χ1v) is 2.96. The van der Waals surface area contributed by atoms with Crippen LogP contribution in [0.15, 0.2) is 24.3 Å². The molecule has 0 amide bonds. The first-order chi connectivity index (χ1) is 4.86. The topological polar surface area (TPSA) is 56.3 Å². The van der Waals surface area contributed by atoms with E-state index in [4.69, 9.17) is 4.74 Å². The molecular formula is C8H9NaO3. The minimum atomic E-state index is 0. The Bertz CT molecular complexity index is 220. The molecule has 0 aliphatic rings. The Hall–Kier alpha value is -0.350. The number of carbonyl (C=O) groups is 1. The van der Waals surface area contributed by atoms with Gasteiger partial charge >= 0.3 is 29.6 Å². The number of hydrogen-bond donors (Lipinski definition) is 0. The number of ether oxygens (including phenoxy) is 1. The molecule has 1 rings (SSSR count). The minimum absolute atomic E-state index is 0. The smallest absolute Gasteiger partial charge is 0.870 e. The second-order valence-electron chi connectivity index (χ2n) is 1.89. The van der Waals surface area contributed by atoms with Crippen LogP contribution < -0.4 is 34.3 Å². The fourth-order valence-corrected chi connectivity index (χ4v) is 0.682. The Kier molecular flexibility index (Phi) is 8.64. The summed E-state index contributed by atoms with van der Waals surface area (Å²) in [6.07, 6.45) is 0.805. The van der Waals surface area contributed by atoms with Crippen LogP contribution in [0.25, 0.3) is 0 Å². The van der Waals surface area contributed by atoms with Crippen molar-refractivity contribution in [2.24, 2.45) is 0 Å². The third-order valence-corrected chi connectivity index (χ3v) is 1.25. The Morgan fingerprint density at radius 3 is 2.08 bits per heavy atom. The third-order valence-electron chi connectivity index (χ3n) is 1.25. The molecule has 0 atom stereocenters. The molecule has 3 nitrogen and oxygen atoms in total. The molecule has 0 aliphatic carbocycles. The summed E-state index contributed by atoms with van der Waals surface area (Å²) >= 11 is 0. The fraction of sp³-hybridized carbons (Fsp3) is 0.125. The van der Waals surface area contributed by atoms with E-state index >= 15 is 0 Å². The van der Waals surface area contributed by atoms with Gasteiger partial charge in [-0.3, -0.25) is 4.79 Å². The molecular weight excluding hydrogens is 167 g/mol. The van der Waals surface area contributed by atoms with Crippen molar-refractivity contribution in [1.82, 2.24) is 0 Å². The van der Waals surface area contributed by atoms with E-state index in [1.165, 1.54) is 0 Å². The molecule has 12 heavy (non-hydrogen) atoms. The zero-order valence-electron chi connectivity index (χ0n) is 7.15. The molecule has 0 unspecified atom stereocenters. The van der Waals surface area contributed by atoms with Crippen LogP contribution in [0.5, 0.6) is 5.75 Å². The van der Waals surface area contributed by atoms with Crippen LogP contribution in [0.4, 0.5) is 0 Å². The van der Waals surface area contributed by atoms with Crippen molar-refractivity contribution in [2.45, 2.75) is 0 Å². The van der Waals surface area contributed by atoms with E-state index in [-0.39, 0.29) is 35.0 Å². The van der Waals surface area contributed by atoms with Gasteiger partial charge in [-0.1, -0.05) is 0 Å².